The Kier molecular flexibility index (Phi) is 17.6. The average Bonchev–Trinajstić information content (AvgIpc) is 3.36. The van der Waals surface area contributed by atoms with Gasteiger partial charge in [0.05, 0.1) is 12.5 Å². The van der Waals surface area contributed by atoms with Crippen molar-refractivity contribution in [2.75, 3.05) is 24.4 Å². The van der Waals surface area contributed by atoms with Gasteiger partial charge in [-0.05, 0) is 48.1 Å². The number of anilines is 1. The monoisotopic (exact) mass is 632 g/mol. The molecule has 1 aliphatic heterocycles. The summed E-state index contributed by atoms with van der Waals surface area (Å²) in [7, 11) is 0. The van der Waals surface area contributed by atoms with Gasteiger partial charge in [-0.25, -0.2) is 0 Å². The maximum atomic E-state index is 12.5. The van der Waals surface area contributed by atoms with Crippen molar-refractivity contribution >= 4 is 40.3 Å². The highest BCUT2D eigenvalue weighted by atomic mass is 79.9. The molecule has 2 aromatic carbocycles. The topological polar surface area (TPSA) is 50.8 Å². The second-order valence-electron chi connectivity index (χ2n) is 10.5. The Morgan fingerprint density at radius 2 is 1.40 bits per heavy atom. The fourth-order valence-corrected chi connectivity index (χ4v) is 5.45. The molecule has 0 unspecified atom stereocenters. The number of hydrogen-bond acceptors (Lipinski definition) is 5. The number of benzene rings is 2. The fraction of sp³-hybridized carbons (Fsp3) is 0.545. The molecule has 0 aromatic heterocycles. The van der Waals surface area contributed by atoms with Gasteiger partial charge in [0.2, 0.25) is 0 Å². The fourth-order valence-electron chi connectivity index (χ4n) is 4.69. The first-order valence-electron chi connectivity index (χ1n) is 14.9. The van der Waals surface area contributed by atoms with Gasteiger partial charge in [-0.15, -0.1) is 28.7 Å². The number of carbonyl (C=O) groups excluding carboxylic acids is 1. The van der Waals surface area contributed by atoms with E-state index in [1.54, 1.807) is 0 Å². The molecule has 0 radical (unpaired) electrons. The summed E-state index contributed by atoms with van der Waals surface area (Å²) in [4.78, 5) is 16.1. The minimum atomic E-state index is -0.187. The van der Waals surface area contributed by atoms with Crippen LogP contribution in [0.4, 0.5) is 5.69 Å². The summed E-state index contributed by atoms with van der Waals surface area (Å²) in [5, 5.41) is 2.92. The van der Waals surface area contributed by atoms with Crippen LogP contribution in [-0.4, -0.2) is 29.9 Å². The minimum Gasteiger partial charge on any atom is -0.490 e. The maximum absolute atomic E-state index is 12.5. The van der Waals surface area contributed by atoms with E-state index < -0.39 is 0 Å². The van der Waals surface area contributed by atoms with E-state index in [0.29, 0.717) is 18.1 Å². The number of thioether (sulfide) groups is 1. The van der Waals surface area contributed by atoms with Crippen molar-refractivity contribution in [1.82, 2.24) is 4.90 Å². The first-order chi connectivity index (χ1) is 19.1. The number of nitrogens with zero attached hydrogens (tertiary/aromatic N) is 1. The number of hydrogen-bond donors (Lipinski definition) is 1. The van der Waals surface area contributed by atoms with Crippen molar-refractivity contribution in [3.63, 3.8) is 0 Å². The van der Waals surface area contributed by atoms with Gasteiger partial charge in [-0.2, -0.15) is 0 Å². The molecule has 1 amide bonds. The van der Waals surface area contributed by atoms with Crippen LogP contribution in [0.5, 0.6) is 11.5 Å². The third kappa shape index (κ3) is 14.0. The van der Waals surface area contributed by atoms with Crippen molar-refractivity contribution < 1.29 is 14.3 Å². The highest BCUT2D eigenvalue weighted by Crippen LogP contribution is 2.27. The molecule has 0 aliphatic carbocycles. The lowest BCUT2D eigenvalue weighted by molar-refractivity contribution is -0.118. The highest BCUT2D eigenvalue weighted by molar-refractivity contribution is 8.93. The quantitative estimate of drug-likeness (QED) is 0.147. The Balaban J connectivity index is 0.00000560. The number of allylic oxidation sites excluding steroid dienone is 1. The first-order valence-corrected chi connectivity index (χ1v) is 15.9. The van der Waals surface area contributed by atoms with Gasteiger partial charge in [-0.3, -0.25) is 4.79 Å². The summed E-state index contributed by atoms with van der Waals surface area (Å²) in [6.07, 6.45) is 18.1. The zero-order chi connectivity index (χ0) is 27.5. The zero-order valence-electron chi connectivity index (χ0n) is 24.5. The van der Waals surface area contributed by atoms with Gasteiger partial charge in [0.15, 0.2) is 18.1 Å². The largest absolute Gasteiger partial charge is 0.490 e. The second kappa shape index (κ2) is 20.7. The van der Waals surface area contributed by atoms with Gasteiger partial charge in [0, 0.05) is 18.4 Å². The molecule has 40 heavy (non-hydrogen) atoms. The van der Waals surface area contributed by atoms with E-state index in [-0.39, 0.29) is 29.5 Å². The van der Waals surface area contributed by atoms with E-state index >= 15 is 0 Å². The van der Waals surface area contributed by atoms with Gasteiger partial charge < -0.3 is 19.7 Å². The number of carbonyl (C=O) groups is 1. The molecule has 0 atom stereocenters. The van der Waals surface area contributed by atoms with Gasteiger partial charge >= 0.3 is 0 Å². The number of nitrogens with one attached hydrogen (secondary N) is 1. The zero-order valence-corrected chi connectivity index (χ0v) is 27.0. The van der Waals surface area contributed by atoms with Gasteiger partial charge in [-0.1, -0.05) is 102 Å². The average molecular weight is 634 g/mol. The Labute approximate surface area is 257 Å². The number of ether oxygens (including phenoxy) is 2. The molecule has 1 N–H and O–H groups in total. The van der Waals surface area contributed by atoms with Crippen molar-refractivity contribution in [2.24, 2.45) is 0 Å². The van der Waals surface area contributed by atoms with E-state index in [4.69, 9.17) is 9.47 Å². The van der Waals surface area contributed by atoms with E-state index in [9.17, 15) is 4.79 Å². The summed E-state index contributed by atoms with van der Waals surface area (Å²) in [6, 6.07) is 15.6. The Bertz CT molecular complexity index is 999. The number of halogens is 1. The molecule has 1 heterocycles. The molecule has 0 saturated carbocycles. The van der Waals surface area contributed by atoms with Crippen LogP contribution in [0.15, 0.2) is 59.6 Å². The number of amides is 1. The summed E-state index contributed by atoms with van der Waals surface area (Å²) in [5.41, 5.74) is 1.99. The maximum Gasteiger partial charge on any atom is 0.262 e. The van der Waals surface area contributed by atoms with E-state index in [1.165, 1.54) is 81.1 Å². The van der Waals surface area contributed by atoms with Crippen LogP contribution in [0.3, 0.4) is 0 Å². The number of unbranched alkanes of at least 4 members (excludes halogenated alkanes) is 11. The van der Waals surface area contributed by atoms with E-state index in [0.717, 1.165) is 24.5 Å². The van der Waals surface area contributed by atoms with E-state index in [2.05, 4.69) is 42.4 Å². The summed E-state index contributed by atoms with van der Waals surface area (Å²) in [5.74, 6) is 2.11. The predicted octanol–water partition coefficient (Wildman–Crippen LogP) is 9.73. The molecule has 0 spiro atoms. The molecule has 0 fully saturated rings. The summed E-state index contributed by atoms with van der Waals surface area (Å²) in [6.45, 7) is 5.89. The predicted molar refractivity (Wildman–Crippen MR) is 176 cm³/mol. The van der Waals surface area contributed by atoms with Crippen LogP contribution in [0, 0.1) is 0 Å². The molecule has 1 aliphatic rings. The molecule has 222 valence electrons. The lowest BCUT2D eigenvalue weighted by atomic mass is 10.1. The van der Waals surface area contributed by atoms with Crippen LogP contribution in [0.25, 0.3) is 0 Å². The number of para-hydroxylation sites is 2. The van der Waals surface area contributed by atoms with Crippen molar-refractivity contribution in [2.45, 2.75) is 97.4 Å². The van der Waals surface area contributed by atoms with Crippen LogP contribution >= 0.6 is 28.7 Å². The van der Waals surface area contributed by atoms with Crippen LogP contribution < -0.4 is 14.8 Å². The molecule has 5 nitrogen and oxygen atoms in total. The van der Waals surface area contributed by atoms with Crippen LogP contribution in [-0.2, 0) is 11.3 Å². The number of rotatable bonds is 20. The van der Waals surface area contributed by atoms with Gasteiger partial charge in [0.25, 0.3) is 5.91 Å². The third-order valence-corrected chi connectivity index (χ3v) is 7.93. The molecule has 3 rings (SSSR count). The lowest BCUT2D eigenvalue weighted by Gasteiger charge is -2.15. The van der Waals surface area contributed by atoms with Crippen molar-refractivity contribution in [3.05, 3.63) is 65.2 Å². The summed E-state index contributed by atoms with van der Waals surface area (Å²) >= 11 is 1.86. The second-order valence-corrected chi connectivity index (χ2v) is 11.7. The Morgan fingerprint density at radius 3 is 1.98 bits per heavy atom. The van der Waals surface area contributed by atoms with Crippen molar-refractivity contribution in [3.8, 4) is 11.5 Å². The third-order valence-electron chi connectivity index (χ3n) is 6.91. The molecule has 0 bridgehead atoms. The van der Waals surface area contributed by atoms with Crippen LogP contribution in [0.2, 0.25) is 0 Å². The molecule has 0 saturated heterocycles. The van der Waals surface area contributed by atoms with Crippen LogP contribution in [0.1, 0.15) is 96.5 Å². The first kappa shape index (κ1) is 34.1. The molecule has 2 aromatic rings. The SMILES string of the molecule is Br.CCCCCCCCCCCCCCOc1ccccc1OCC(=O)Nc1ccc(CN2C=C(C)SC2)cc1. The lowest BCUT2D eigenvalue weighted by Crippen LogP contribution is -2.20. The molecular weight excluding hydrogens is 584 g/mol. The minimum absolute atomic E-state index is 0. The summed E-state index contributed by atoms with van der Waals surface area (Å²) < 4.78 is 11.8. The normalized spacial score (nSPS) is 12.6. The standard InChI is InChI=1S/C33H48N2O3S.BrH/c1-3-4-5-6-7-8-9-10-11-12-13-16-23-37-31-17-14-15-18-32(31)38-26-33(36)34-30-21-19-29(20-22-30)25-35-24-28(2)39-27-35;/h14-15,17-22,24H,3-13,16,23,25-27H2,1-2H3,(H,34,36);1H. The smallest absolute Gasteiger partial charge is 0.262 e. The van der Waals surface area contributed by atoms with E-state index in [1.807, 2.05) is 48.2 Å². The van der Waals surface area contributed by atoms with Gasteiger partial charge in [0.1, 0.15) is 0 Å². The Hall–Kier alpha value is -2.12. The van der Waals surface area contributed by atoms with Crippen molar-refractivity contribution in [1.29, 1.82) is 0 Å². The molecule has 7 heteroatoms. The highest BCUT2D eigenvalue weighted by Gasteiger charge is 2.11. The Morgan fingerprint density at radius 1 is 0.825 bits per heavy atom. The molecular formula is C33H49BrN2O3S.